The highest BCUT2D eigenvalue weighted by Crippen LogP contribution is 2.45. The molecule has 3 rings (SSSR count). The molecule has 2 aliphatic rings. The quantitative estimate of drug-likeness (QED) is 0.278. The van der Waals surface area contributed by atoms with Crippen LogP contribution < -0.4 is 10.8 Å². The Bertz CT molecular complexity index is 1270. The number of rotatable bonds is 9. The third-order valence-electron chi connectivity index (χ3n) is 8.09. The fourth-order valence-electron chi connectivity index (χ4n) is 4.97. The first-order chi connectivity index (χ1) is 19.9. The smallest absolute Gasteiger partial charge is 0.468 e. The highest BCUT2D eigenvalue weighted by Gasteiger charge is 2.53. The van der Waals surface area contributed by atoms with Crippen molar-refractivity contribution in [2.45, 2.75) is 128 Å². The number of esters is 2. The normalized spacial score (nSPS) is 26.7. The van der Waals surface area contributed by atoms with E-state index in [1.165, 1.54) is 13.2 Å². The van der Waals surface area contributed by atoms with E-state index < -0.39 is 66.3 Å². The lowest BCUT2D eigenvalue weighted by Crippen LogP contribution is -2.56. The molecule has 9 nitrogen and oxygen atoms in total. The molecule has 0 amide bonds. The van der Waals surface area contributed by atoms with E-state index in [0.717, 1.165) is 17.8 Å². The summed E-state index contributed by atoms with van der Waals surface area (Å²) in [5.41, 5.74) is -2.14. The maximum Gasteiger partial charge on any atom is 0.494 e. The van der Waals surface area contributed by atoms with Gasteiger partial charge in [-0.1, -0.05) is 43.5 Å². The van der Waals surface area contributed by atoms with Crippen LogP contribution in [0.3, 0.4) is 0 Å². The second-order valence-corrected chi connectivity index (χ2v) is 22.4. The van der Waals surface area contributed by atoms with Gasteiger partial charge >= 0.3 is 19.1 Å². The second-order valence-electron chi connectivity index (χ2n) is 15.3. The zero-order valence-corrected chi connectivity index (χ0v) is 30.4. The van der Waals surface area contributed by atoms with Gasteiger partial charge in [0.1, 0.15) is 16.2 Å². The van der Waals surface area contributed by atoms with Crippen molar-refractivity contribution in [1.82, 2.24) is 5.32 Å². The Morgan fingerprint density at radius 1 is 1.11 bits per heavy atom. The van der Waals surface area contributed by atoms with Crippen LogP contribution in [0, 0.1) is 5.82 Å². The van der Waals surface area contributed by atoms with E-state index in [0.29, 0.717) is 17.6 Å². The maximum atomic E-state index is 15.7. The number of methoxy groups -OCH3 is 1. The lowest BCUT2D eigenvalue weighted by atomic mass is 9.74. The molecule has 2 heterocycles. The van der Waals surface area contributed by atoms with Gasteiger partial charge in [0, 0.05) is 20.2 Å². The van der Waals surface area contributed by atoms with E-state index in [4.69, 9.17) is 23.5 Å². The molecule has 1 aromatic carbocycles. The standard InChI is InChI=1S/C31H50BFN2O7SSi/c1-27(2,3)40-24(36)23(39-16-17-44(11,12)13)34-26-35-30(8,19-31(9,43-26)25(37)38-10)21-18-20(14-15-22(21)33)32-41-28(4,5)29(6,7)42-32/h14-15,18,23H,16-17,19H2,1-13H3,(H,34,35)/t23-,30-,31-/m0/s1. The van der Waals surface area contributed by atoms with Crippen molar-refractivity contribution in [3.05, 3.63) is 29.6 Å². The van der Waals surface area contributed by atoms with Gasteiger partial charge in [-0.25, -0.2) is 14.2 Å². The molecule has 0 bridgehead atoms. The summed E-state index contributed by atoms with van der Waals surface area (Å²) in [6.07, 6.45) is -1.13. The van der Waals surface area contributed by atoms with Crippen LogP contribution >= 0.6 is 11.8 Å². The van der Waals surface area contributed by atoms with E-state index in [2.05, 4.69) is 30.0 Å². The Morgan fingerprint density at radius 2 is 1.70 bits per heavy atom. The summed E-state index contributed by atoms with van der Waals surface area (Å²) >= 11 is 1.11. The SMILES string of the molecule is COC(=O)[C@]1(C)C[C@@](C)(c2cc(B3OC(C)(C)C(C)(C)O3)ccc2F)N/C(=N\[C@@H](OCC[Si](C)(C)C)C(=O)OC(C)(C)C)S1. The van der Waals surface area contributed by atoms with Gasteiger partial charge in [0.2, 0.25) is 6.23 Å². The van der Waals surface area contributed by atoms with Crippen LogP contribution in [0.2, 0.25) is 25.7 Å². The summed E-state index contributed by atoms with van der Waals surface area (Å²) in [7, 11) is -0.877. The highest BCUT2D eigenvalue weighted by atomic mass is 32.2. The van der Waals surface area contributed by atoms with E-state index in [-0.39, 0.29) is 11.6 Å². The van der Waals surface area contributed by atoms with E-state index in [1.807, 2.05) is 27.7 Å². The number of hydrogen-bond donors (Lipinski definition) is 1. The lowest BCUT2D eigenvalue weighted by Gasteiger charge is -2.44. The molecule has 0 saturated carbocycles. The maximum absolute atomic E-state index is 15.7. The summed E-state index contributed by atoms with van der Waals surface area (Å²) in [5, 5.41) is 3.56. The Balaban J connectivity index is 2.06. The third kappa shape index (κ3) is 8.65. The van der Waals surface area contributed by atoms with Crippen molar-refractivity contribution >= 4 is 49.5 Å². The second kappa shape index (κ2) is 12.7. The number of thioether (sulfide) groups is 1. The van der Waals surface area contributed by atoms with Crippen molar-refractivity contribution in [1.29, 1.82) is 0 Å². The number of hydrogen-bond acceptors (Lipinski definition) is 9. The number of halogens is 1. The highest BCUT2D eigenvalue weighted by molar-refractivity contribution is 8.15. The molecular formula is C31H50BFN2O7SSi. The minimum atomic E-state index is -1.48. The minimum Gasteiger partial charge on any atom is -0.468 e. The molecule has 2 saturated heterocycles. The number of nitrogens with zero attached hydrogens (tertiary/aromatic N) is 1. The molecule has 246 valence electrons. The zero-order valence-electron chi connectivity index (χ0n) is 28.6. The molecule has 2 fully saturated rings. The minimum absolute atomic E-state index is 0.160. The van der Waals surface area contributed by atoms with Gasteiger partial charge in [0.15, 0.2) is 5.17 Å². The molecule has 1 N–H and O–H groups in total. The van der Waals surface area contributed by atoms with Gasteiger partial charge in [0.25, 0.3) is 0 Å². The topological polar surface area (TPSA) is 105 Å². The van der Waals surface area contributed by atoms with Crippen LogP contribution in [-0.4, -0.2) is 73.8 Å². The summed E-state index contributed by atoms with van der Waals surface area (Å²) < 4.78 is 43.8. The lowest BCUT2D eigenvalue weighted by molar-refractivity contribution is -0.167. The summed E-state index contributed by atoms with van der Waals surface area (Å²) in [4.78, 5) is 31.1. The molecule has 1 aromatic rings. The number of nitrogens with one attached hydrogen (secondary N) is 1. The number of benzene rings is 1. The van der Waals surface area contributed by atoms with E-state index in [9.17, 15) is 9.59 Å². The van der Waals surface area contributed by atoms with Crippen LogP contribution in [0.15, 0.2) is 23.2 Å². The van der Waals surface area contributed by atoms with Crippen LogP contribution in [0.4, 0.5) is 4.39 Å². The van der Waals surface area contributed by atoms with Crippen LogP contribution in [0.25, 0.3) is 0 Å². The first-order valence-corrected chi connectivity index (χ1v) is 19.6. The Labute approximate surface area is 267 Å². The predicted molar refractivity (Wildman–Crippen MR) is 176 cm³/mol. The zero-order chi connectivity index (χ0) is 33.5. The van der Waals surface area contributed by atoms with E-state index >= 15 is 4.39 Å². The number of ether oxygens (including phenoxy) is 3. The van der Waals surface area contributed by atoms with Crippen LogP contribution in [-0.2, 0) is 38.6 Å². The molecule has 3 atom stereocenters. The van der Waals surface area contributed by atoms with Gasteiger partial charge in [-0.15, -0.1) is 0 Å². The van der Waals surface area contributed by atoms with Gasteiger partial charge in [-0.05, 0) is 86.3 Å². The molecule has 44 heavy (non-hydrogen) atoms. The predicted octanol–water partition coefficient (Wildman–Crippen LogP) is 5.38. The van der Waals surface area contributed by atoms with E-state index in [1.54, 1.807) is 46.8 Å². The Morgan fingerprint density at radius 3 is 2.23 bits per heavy atom. The summed E-state index contributed by atoms with van der Waals surface area (Å²) in [5.74, 6) is -1.63. The molecule has 0 aromatic heterocycles. The van der Waals surface area contributed by atoms with Crippen LogP contribution in [0.1, 0.15) is 74.3 Å². The molecule has 13 heteroatoms. The Hall–Kier alpha value is -1.93. The average molecular weight is 653 g/mol. The molecule has 0 radical (unpaired) electrons. The fraction of sp³-hybridized carbons (Fsp3) is 0.710. The third-order valence-corrected chi connectivity index (χ3v) is 11.0. The largest absolute Gasteiger partial charge is 0.494 e. The molecule has 0 unspecified atom stereocenters. The number of carbonyl (C=O) groups excluding carboxylic acids is 2. The number of aliphatic imine (C=N–C) groups is 1. The Kier molecular flexibility index (Phi) is 10.5. The average Bonchev–Trinajstić information content (AvgIpc) is 3.07. The monoisotopic (exact) mass is 652 g/mol. The number of amidine groups is 1. The van der Waals surface area contributed by atoms with Crippen molar-refractivity contribution in [2.75, 3.05) is 13.7 Å². The first kappa shape index (κ1) is 36.5. The summed E-state index contributed by atoms with van der Waals surface area (Å²) in [6.45, 7) is 23.6. The van der Waals surface area contributed by atoms with Gasteiger partial charge < -0.3 is 28.8 Å². The van der Waals surface area contributed by atoms with Gasteiger partial charge in [0.05, 0.1) is 23.9 Å². The van der Waals surface area contributed by atoms with Crippen molar-refractivity contribution in [3.63, 3.8) is 0 Å². The molecular weight excluding hydrogens is 602 g/mol. The van der Waals surface area contributed by atoms with Crippen molar-refractivity contribution in [2.24, 2.45) is 4.99 Å². The van der Waals surface area contributed by atoms with Crippen molar-refractivity contribution in [3.8, 4) is 0 Å². The molecule has 0 spiro atoms. The fourth-order valence-corrected chi connectivity index (χ4v) is 7.07. The first-order valence-electron chi connectivity index (χ1n) is 15.0. The van der Waals surface area contributed by atoms with Crippen molar-refractivity contribution < 1.29 is 37.5 Å². The molecule has 0 aliphatic carbocycles. The van der Waals surface area contributed by atoms with Gasteiger partial charge in [-0.2, -0.15) is 0 Å². The van der Waals surface area contributed by atoms with Crippen LogP contribution in [0.5, 0.6) is 0 Å². The summed E-state index contributed by atoms with van der Waals surface area (Å²) in [6, 6.07) is 5.53. The molecule has 2 aliphatic heterocycles. The number of carbonyl (C=O) groups is 2. The van der Waals surface area contributed by atoms with Gasteiger partial charge in [-0.3, -0.25) is 4.79 Å².